The first-order chi connectivity index (χ1) is 2.56. The van der Waals surface area contributed by atoms with E-state index in [9.17, 15) is 0 Å². The lowest BCUT2D eigenvalue weighted by atomic mass is 11.0. The molecule has 0 aliphatic heterocycles. The summed E-state index contributed by atoms with van der Waals surface area (Å²) in [6.07, 6.45) is 0.0486. The Morgan fingerprint density at radius 2 is 1.50 bits per heavy atom. The molecule has 0 rings (SSSR count). The molecule has 0 radical (unpaired) electrons. The quantitative estimate of drug-likeness (QED) is 0.409. The molecule has 3 nitrogen and oxygen atoms in total. The van der Waals surface area contributed by atoms with Gasteiger partial charge < -0.3 is 0 Å². The zero-order valence-corrected chi connectivity index (χ0v) is 4.39. The van der Waals surface area contributed by atoms with Crippen LogP contribution in [0.25, 0.3) is 0 Å². The zero-order valence-electron chi connectivity index (χ0n) is 3.50. The molecule has 0 spiro atoms. The van der Waals surface area contributed by atoms with E-state index in [1.54, 1.807) is 0 Å². The van der Waals surface area contributed by atoms with E-state index >= 15 is 0 Å². The Balaban J connectivity index is 3.17. The van der Waals surface area contributed by atoms with Crippen molar-refractivity contribution in [2.24, 2.45) is 0 Å². The summed E-state index contributed by atoms with van der Waals surface area (Å²) in [6.45, 7) is 1.51. The fourth-order valence-electron chi connectivity index (χ4n) is 0. The third-order valence-electron chi connectivity index (χ3n) is 0.424. The Hall–Kier alpha value is 0.310. The van der Waals surface area contributed by atoms with Crippen LogP contribution < -0.4 is 0 Å². The average molecular weight is 111 g/mol. The van der Waals surface area contributed by atoms with Crippen molar-refractivity contribution in [3.63, 3.8) is 0 Å². The van der Waals surface area contributed by atoms with Crippen LogP contribution in [-0.4, -0.2) is 20.8 Å². The summed E-state index contributed by atoms with van der Waals surface area (Å²) in [6, 6.07) is 0. The smallest absolute Gasteiger partial charge is 0.193 e. The fourth-order valence-corrected chi connectivity index (χ4v) is 0. The number of hydrogen-bond donors (Lipinski definition) is 3. The van der Waals surface area contributed by atoms with Gasteiger partial charge in [0.25, 0.3) is 0 Å². The van der Waals surface area contributed by atoms with E-state index in [4.69, 9.17) is 14.7 Å². The zero-order chi connectivity index (χ0) is 5.21. The van der Waals surface area contributed by atoms with Gasteiger partial charge in [-0.05, 0) is 6.92 Å². The van der Waals surface area contributed by atoms with Crippen molar-refractivity contribution in [2.75, 3.05) is 6.16 Å². The molecular formula is C2H8O3P+. The van der Waals surface area contributed by atoms with Crippen LogP contribution in [0.2, 0.25) is 0 Å². The molecule has 0 saturated carbocycles. The third kappa shape index (κ3) is 4.31. The largest absolute Gasteiger partial charge is 0.403 e. The second kappa shape index (κ2) is 1.85. The molecule has 0 heterocycles. The van der Waals surface area contributed by atoms with Crippen molar-refractivity contribution < 1.29 is 14.7 Å². The molecule has 38 valence electrons. The molecule has 0 aliphatic carbocycles. The van der Waals surface area contributed by atoms with Gasteiger partial charge in [-0.2, -0.15) is 14.7 Å². The van der Waals surface area contributed by atoms with E-state index in [0.717, 1.165) is 0 Å². The molecule has 6 heavy (non-hydrogen) atoms. The van der Waals surface area contributed by atoms with Gasteiger partial charge in [0.15, 0.2) is 0 Å². The molecule has 0 aromatic carbocycles. The molecule has 0 aromatic rings. The maximum Gasteiger partial charge on any atom is 0.403 e. The summed E-state index contributed by atoms with van der Waals surface area (Å²) in [5, 5.41) is 0. The van der Waals surface area contributed by atoms with Crippen molar-refractivity contribution in [1.82, 2.24) is 0 Å². The van der Waals surface area contributed by atoms with Crippen molar-refractivity contribution in [3.05, 3.63) is 0 Å². The van der Waals surface area contributed by atoms with Gasteiger partial charge in [-0.15, -0.1) is 0 Å². The van der Waals surface area contributed by atoms with Gasteiger partial charge >= 0.3 is 7.94 Å². The fraction of sp³-hybridized carbons (Fsp3) is 1.00. The van der Waals surface area contributed by atoms with Gasteiger partial charge in [0.2, 0.25) is 0 Å². The van der Waals surface area contributed by atoms with E-state index in [-0.39, 0.29) is 6.16 Å². The summed E-state index contributed by atoms with van der Waals surface area (Å²) in [7, 11) is -3.40. The Bertz CT molecular complexity index is 38.5. The van der Waals surface area contributed by atoms with Crippen LogP contribution in [0.4, 0.5) is 0 Å². The van der Waals surface area contributed by atoms with E-state index in [1.807, 2.05) is 0 Å². The first-order valence-electron chi connectivity index (χ1n) is 1.62. The topological polar surface area (TPSA) is 60.7 Å². The second-order valence-corrected chi connectivity index (χ2v) is 3.03. The SMILES string of the molecule is CC[P+](O)(O)O. The molecular weight excluding hydrogens is 103 g/mol. The van der Waals surface area contributed by atoms with Crippen LogP contribution in [0.15, 0.2) is 0 Å². The molecule has 3 N–H and O–H groups in total. The average Bonchev–Trinajstić information content (AvgIpc) is 1.35. The van der Waals surface area contributed by atoms with Crippen molar-refractivity contribution in [3.8, 4) is 0 Å². The Labute approximate surface area is 36.8 Å². The molecule has 0 aromatic heterocycles. The summed E-state index contributed by atoms with van der Waals surface area (Å²) in [5.74, 6) is 0. The molecule has 0 aliphatic rings. The minimum absolute atomic E-state index is 0.0486. The lowest BCUT2D eigenvalue weighted by Crippen LogP contribution is -1.88. The van der Waals surface area contributed by atoms with Crippen LogP contribution in [0.1, 0.15) is 6.92 Å². The van der Waals surface area contributed by atoms with E-state index in [2.05, 4.69) is 0 Å². The van der Waals surface area contributed by atoms with Crippen LogP contribution in [0, 0.1) is 0 Å². The van der Waals surface area contributed by atoms with Gasteiger partial charge in [-0.1, -0.05) is 0 Å². The van der Waals surface area contributed by atoms with E-state index in [0.29, 0.717) is 0 Å². The van der Waals surface area contributed by atoms with Crippen LogP contribution in [-0.2, 0) is 0 Å². The monoisotopic (exact) mass is 111 g/mol. The maximum atomic E-state index is 8.05. The van der Waals surface area contributed by atoms with E-state index in [1.165, 1.54) is 6.92 Å². The van der Waals surface area contributed by atoms with Crippen LogP contribution >= 0.6 is 7.94 Å². The highest BCUT2D eigenvalue weighted by Crippen LogP contribution is 2.43. The van der Waals surface area contributed by atoms with Gasteiger partial charge in [0.1, 0.15) is 6.16 Å². The van der Waals surface area contributed by atoms with E-state index < -0.39 is 7.94 Å². The molecule has 0 bridgehead atoms. The summed E-state index contributed by atoms with van der Waals surface area (Å²) in [5.41, 5.74) is 0. The Morgan fingerprint density at radius 1 is 1.33 bits per heavy atom. The maximum absolute atomic E-state index is 8.05. The summed E-state index contributed by atoms with van der Waals surface area (Å²) in [4.78, 5) is 24.1. The third-order valence-corrected chi connectivity index (χ3v) is 1.27. The Morgan fingerprint density at radius 3 is 1.50 bits per heavy atom. The highest BCUT2D eigenvalue weighted by molar-refractivity contribution is 7.58. The van der Waals surface area contributed by atoms with Crippen LogP contribution in [0.3, 0.4) is 0 Å². The minimum atomic E-state index is -3.40. The van der Waals surface area contributed by atoms with Crippen molar-refractivity contribution in [1.29, 1.82) is 0 Å². The number of rotatable bonds is 1. The van der Waals surface area contributed by atoms with Crippen molar-refractivity contribution in [2.45, 2.75) is 6.92 Å². The first-order valence-corrected chi connectivity index (χ1v) is 3.46. The van der Waals surface area contributed by atoms with Gasteiger partial charge in [0, 0.05) is 0 Å². The lowest BCUT2D eigenvalue weighted by molar-refractivity contribution is 0.332. The number of hydrogen-bond acceptors (Lipinski definition) is 3. The molecule has 0 saturated heterocycles. The van der Waals surface area contributed by atoms with Gasteiger partial charge in [-0.3, -0.25) is 0 Å². The van der Waals surface area contributed by atoms with Gasteiger partial charge in [-0.25, -0.2) is 0 Å². The normalized spacial score (nSPS) is 12.0. The molecule has 0 amide bonds. The second-order valence-electron chi connectivity index (χ2n) is 1.01. The predicted molar refractivity (Wildman–Crippen MR) is 24.1 cm³/mol. The summed E-state index contributed by atoms with van der Waals surface area (Å²) >= 11 is 0. The molecule has 0 fully saturated rings. The highest BCUT2D eigenvalue weighted by atomic mass is 31.2. The summed E-state index contributed by atoms with van der Waals surface area (Å²) < 4.78 is 0. The molecule has 4 heteroatoms. The standard InChI is InChI=1S/C2H8O3P/c1-2-6(3,4)5/h3-5H,2H2,1H3/q+1. The van der Waals surface area contributed by atoms with Crippen molar-refractivity contribution >= 4 is 7.94 Å². The minimum Gasteiger partial charge on any atom is -0.193 e. The predicted octanol–water partition coefficient (Wildman–Crippen LogP) is -0.254. The first kappa shape index (κ1) is 6.31. The van der Waals surface area contributed by atoms with Crippen LogP contribution in [0.5, 0.6) is 0 Å². The lowest BCUT2D eigenvalue weighted by Gasteiger charge is -1.95. The van der Waals surface area contributed by atoms with Gasteiger partial charge in [0.05, 0.1) is 0 Å². The molecule has 0 unspecified atom stereocenters. The Kier molecular flexibility index (Phi) is 1.94. The molecule has 0 atom stereocenters. The highest BCUT2D eigenvalue weighted by Gasteiger charge is 2.24.